The zero-order chi connectivity index (χ0) is 14.7. The number of nitrogens with one attached hydrogen (secondary N) is 1. The van der Waals surface area contributed by atoms with Crippen molar-refractivity contribution in [1.29, 1.82) is 0 Å². The van der Waals surface area contributed by atoms with Crippen LogP contribution < -0.4 is 5.32 Å². The Kier molecular flexibility index (Phi) is 4.46. The summed E-state index contributed by atoms with van der Waals surface area (Å²) in [6.07, 6.45) is 11.0. The Morgan fingerprint density at radius 1 is 1.38 bits per heavy atom. The lowest BCUT2D eigenvalue weighted by atomic mass is 9.92. The summed E-state index contributed by atoms with van der Waals surface area (Å²) < 4.78 is 2.25. The topological polar surface area (TPSA) is 45.5 Å². The molecule has 0 aromatic carbocycles. The lowest BCUT2D eigenvalue weighted by Crippen LogP contribution is -2.52. The van der Waals surface area contributed by atoms with E-state index in [0.29, 0.717) is 18.0 Å². The summed E-state index contributed by atoms with van der Waals surface area (Å²) >= 11 is 0. The number of guanidine groups is 1. The van der Waals surface area contributed by atoms with Gasteiger partial charge in [0, 0.05) is 38.1 Å². The molecule has 2 atom stereocenters. The second kappa shape index (κ2) is 6.50. The molecule has 0 spiro atoms. The van der Waals surface area contributed by atoms with Crippen molar-refractivity contribution in [2.45, 2.75) is 51.6 Å². The molecule has 2 aliphatic rings. The maximum atomic E-state index is 4.72. The summed E-state index contributed by atoms with van der Waals surface area (Å²) in [6, 6.07) is 1.13. The molecule has 1 N–H and O–H groups in total. The molecular weight excluding hydrogens is 262 g/mol. The quantitative estimate of drug-likeness (QED) is 0.686. The van der Waals surface area contributed by atoms with E-state index in [9.17, 15) is 0 Å². The monoisotopic (exact) mass is 289 g/mol. The summed E-state index contributed by atoms with van der Waals surface area (Å²) in [5.41, 5.74) is 0. The van der Waals surface area contributed by atoms with Crippen LogP contribution in [0.3, 0.4) is 0 Å². The molecule has 0 bridgehead atoms. The molecule has 5 heteroatoms. The Morgan fingerprint density at radius 2 is 2.24 bits per heavy atom. The van der Waals surface area contributed by atoms with E-state index >= 15 is 0 Å². The van der Waals surface area contributed by atoms with E-state index in [0.717, 1.165) is 25.6 Å². The maximum absolute atomic E-state index is 4.72. The number of hydrogen-bond donors (Lipinski definition) is 1. The van der Waals surface area contributed by atoms with Gasteiger partial charge < -0.3 is 14.8 Å². The van der Waals surface area contributed by atoms with Crippen molar-refractivity contribution < 1.29 is 0 Å². The van der Waals surface area contributed by atoms with Gasteiger partial charge in [0.25, 0.3) is 0 Å². The summed E-state index contributed by atoms with van der Waals surface area (Å²) in [4.78, 5) is 11.4. The second-order valence-electron chi connectivity index (χ2n) is 6.36. The molecule has 0 radical (unpaired) electrons. The predicted octanol–water partition coefficient (Wildman–Crippen LogP) is 2.28. The highest BCUT2D eigenvalue weighted by Gasteiger charge is 2.30. The molecule has 1 aliphatic carbocycles. The van der Waals surface area contributed by atoms with E-state index in [4.69, 9.17) is 4.99 Å². The average Bonchev–Trinajstić information content (AvgIpc) is 2.96. The molecule has 1 aromatic rings. The van der Waals surface area contributed by atoms with Gasteiger partial charge in [0.1, 0.15) is 0 Å². The lowest BCUT2D eigenvalue weighted by molar-refractivity contribution is 0.185. The first kappa shape index (κ1) is 14.4. The first-order valence-corrected chi connectivity index (χ1v) is 8.31. The van der Waals surface area contributed by atoms with Gasteiger partial charge in [0.15, 0.2) is 5.96 Å². The Hall–Kier alpha value is -1.52. The molecule has 1 saturated carbocycles. The molecule has 1 aliphatic heterocycles. The van der Waals surface area contributed by atoms with Crippen molar-refractivity contribution in [3.63, 3.8) is 0 Å². The summed E-state index contributed by atoms with van der Waals surface area (Å²) in [7, 11) is 0. The predicted molar refractivity (Wildman–Crippen MR) is 85.4 cm³/mol. The highest BCUT2D eigenvalue weighted by Crippen LogP contribution is 2.28. The van der Waals surface area contributed by atoms with Crippen molar-refractivity contribution in [2.75, 3.05) is 19.6 Å². The van der Waals surface area contributed by atoms with Crippen LogP contribution in [0.25, 0.3) is 0 Å². The van der Waals surface area contributed by atoms with Crippen LogP contribution in [0, 0.1) is 5.92 Å². The molecule has 1 aromatic heterocycles. The molecule has 116 valence electrons. The number of aliphatic imine (C=N–C) groups is 1. The van der Waals surface area contributed by atoms with Gasteiger partial charge in [-0.1, -0.05) is 6.92 Å². The number of likely N-dealkylation sites (tertiary alicyclic amines) is 1. The van der Waals surface area contributed by atoms with Crippen LogP contribution in [0.2, 0.25) is 0 Å². The fourth-order valence-electron chi connectivity index (χ4n) is 3.22. The van der Waals surface area contributed by atoms with Crippen molar-refractivity contribution >= 4 is 5.96 Å². The normalized spacial score (nSPS) is 27.5. The Labute approximate surface area is 127 Å². The SMILES string of the molecule is CCN=C(NC1CCC1)N1CCC(C)C(n2ccnc2)C1. The molecule has 21 heavy (non-hydrogen) atoms. The number of nitrogens with zero attached hydrogens (tertiary/aromatic N) is 4. The minimum Gasteiger partial charge on any atom is -0.354 e. The van der Waals surface area contributed by atoms with Crippen molar-refractivity contribution in [3.05, 3.63) is 18.7 Å². The van der Waals surface area contributed by atoms with Gasteiger partial charge in [0.2, 0.25) is 0 Å². The van der Waals surface area contributed by atoms with Crippen molar-refractivity contribution in [2.24, 2.45) is 10.9 Å². The van der Waals surface area contributed by atoms with E-state index in [1.54, 1.807) is 0 Å². The van der Waals surface area contributed by atoms with E-state index in [1.807, 2.05) is 12.5 Å². The largest absolute Gasteiger partial charge is 0.354 e. The van der Waals surface area contributed by atoms with E-state index < -0.39 is 0 Å². The number of imidazole rings is 1. The second-order valence-corrected chi connectivity index (χ2v) is 6.36. The fraction of sp³-hybridized carbons (Fsp3) is 0.750. The standard InChI is InChI=1S/C16H27N5/c1-3-18-16(19-14-5-4-6-14)20-9-7-13(2)15(11-20)21-10-8-17-12-21/h8,10,12-15H,3-7,9,11H2,1-2H3,(H,18,19). The van der Waals surface area contributed by atoms with Gasteiger partial charge in [0.05, 0.1) is 12.4 Å². The first-order valence-electron chi connectivity index (χ1n) is 8.31. The van der Waals surface area contributed by atoms with E-state index in [2.05, 4.69) is 39.8 Å². The first-order chi connectivity index (χ1) is 10.3. The number of aromatic nitrogens is 2. The minimum atomic E-state index is 0.492. The van der Waals surface area contributed by atoms with E-state index in [-0.39, 0.29) is 0 Å². The third-order valence-electron chi connectivity index (χ3n) is 4.87. The smallest absolute Gasteiger partial charge is 0.194 e. The fourth-order valence-corrected chi connectivity index (χ4v) is 3.22. The van der Waals surface area contributed by atoms with E-state index in [1.165, 1.54) is 25.7 Å². The zero-order valence-electron chi connectivity index (χ0n) is 13.2. The van der Waals surface area contributed by atoms with Gasteiger partial charge in [-0.2, -0.15) is 0 Å². The van der Waals surface area contributed by atoms with Gasteiger partial charge in [-0.3, -0.25) is 4.99 Å². The van der Waals surface area contributed by atoms with Crippen LogP contribution in [0.1, 0.15) is 45.6 Å². The molecule has 5 nitrogen and oxygen atoms in total. The van der Waals surface area contributed by atoms with Gasteiger partial charge >= 0.3 is 0 Å². The Balaban J connectivity index is 1.69. The lowest BCUT2D eigenvalue weighted by Gasteiger charge is -2.41. The molecule has 2 unspecified atom stereocenters. The molecule has 1 saturated heterocycles. The summed E-state index contributed by atoms with van der Waals surface area (Å²) in [6.45, 7) is 7.43. The van der Waals surface area contributed by atoms with Crippen LogP contribution in [-0.4, -0.2) is 46.1 Å². The third kappa shape index (κ3) is 3.22. The highest BCUT2D eigenvalue weighted by atomic mass is 15.3. The molecule has 3 rings (SSSR count). The average molecular weight is 289 g/mol. The summed E-state index contributed by atoms with van der Waals surface area (Å²) in [5.74, 6) is 1.79. The molecule has 2 heterocycles. The molecule has 2 fully saturated rings. The minimum absolute atomic E-state index is 0.492. The van der Waals surface area contributed by atoms with Crippen LogP contribution in [0.5, 0.6) is 0 Å². The zero-order valence-corrected chi connectivity index (χ0v) is 13.2. The number of piperidine rings is 1. The number of rotatable bonds is 3. The van der Waals surface area contributed by atoms with Crippen LogP contribution in [0.15, 0.2) is 23.7 Å². The third-order valence-corrected chi connectivity index (χ3v) is 4.87. The highest BCUT2D eigenvalue weighted by molar-refractivity contribution is 5.80. The summed E-state index contributed by atoms with van der Waals surface area (Å²) in [5, 5.41) is 3.66. The van der Waals surface area contributed by atoms with Gasteiger partial charge in [-0.05, 0) is 38.5 Å². The Bertz CT molecular complexity index is 463. The van der Waals surface area contributed by atoms with Gasteiger partial charge in [-0.25, -0.2) is 4.98 Å². The van der Waals surface area contributed by atoms with Crippen LogP contribution in [-0.2, 0) is 0 Å². The maximum Gasteiger partial charge on any atom is 0.194 e. The van der Waals surface area contributed by atoms with Crippen molar-refractivity contribution in [1.82, 2.24) is 19.8 Å². The van der Waals surface area contributed by atoms with Crippen molar-refractivity contribution in [3.8, 4) is 0 Å². The van der Waals surface area contributed by atoms with Crippen LogP contribution >= 0.6 is 0 Å². The molecular formula is C16H27N5. The molecule has 0 amide bonds. The Morgan fingerprint density at radius 3 is 2.86 bits per heavy atom. The van der Waals surface area contributed by atoms with Crippen LogP contribution in [0.4, 0.5) is 0 Å². The van der Waals surface area contributed by atoms with Gasteiger partial charge in [-0.15, -0.1) is 0 Å². The number of hydrogen-bond acceptors (Lipinski definition) is 2.